The van der Waals surface area contributed by atoms with Gasteiger partial charge in [-0.05, 0) is 21.9 Å². The van der Waals surface area contributed by atoms with Gasteiger partial charge >= 0.3 is 3.98 Å². The minimum Gasteiger partial charge on any atom is -0.347 e. The van der Waals surface area contributed by atoms with Crippen LogP contribution in [0.2, 0.25) is 0 Å². The van der Waals surface area contributed by atoms with E-state index in [0.29, 0.717) is 0 Å². The molecule has 35 heavy (non-hydrogen) atoms. The monoisotopic (exact) mass is 529 g/mol. The van der Waals surface area contributed by atoms with Crippen LogP contribution >= 0.6 is 38.7 Å². The first-order valence-electron chi connectivity index (χ1n) is 11.4. The Balaban J connectivity index is 1.68. The number of nitrogens with zero attached hydrogens (tertiary/aromatic N) is 1. The summed E-state index contributed by atoms with van der Waals surface area (Å²) in [7, 11) is 2.84. The molecule has 174 valence electrons. The van der Waals surface area contributed by atoms with Gasteiger partial charge in [-0.2, -0.15) is 0 Å². The number of hydrogen-bond acceptors (Lipinski definition) is 3. The molecule has 0 bridgehead atoms. The van der Waals surface area contributed by atoms with E-state index in [1.165, 1.54) is 34.8 Å². The lowest BCUT2D eigenvalue weighted by molar-refractivity contribution is 0.844. The summed E-state index contributed by atoms with van der Waals surface area (Å²) in [5, 5.41) is 10.7. The molecule has 5 aromatic rings. The van der Waals surface area contributed by atoms with Crippen LogP contribution in [0.1, 0.15) is 0 Å². The molecule has 0 amide bonds. The molecule has 0 spiro atoms. The van der Waals surface area contributed by atoms with Crippen LogP contribution in [0, 0.1) is 0 Å². The fourth-order valence-electron chi connectivity index (χ4n) is 3.75. The maximum Gasteiger partial charge on any atom is 0.316 e. The summed E-state index contributed by atoms with van der Waals surface area (Å²) in [4.78, 5) is 0. The molecule has 0 fully saturated rings. The third-order valence-corrected chi connectivity index (χ3v) is 13.5. The van der Waals surface area contributed by atoms with E-state index in [9.17, 15) is 0 Å². The van der Waals surface area contributed by atoms with Gasteiger partial charge in [-0.3, -0.25) is 0 Å². The van der Waals surface area contributed by atoms with Crippen molar-refractivity contribution >= 4 is 69.5 Å². The standard InChI is InChI=1S/C29H27N2P2S2/c1-31(2)29-34-27(30-33(25-19-11-5-12-20-25)26-21-13-6-14-22-26)28(35-29)32(23-15-7-3-8-16-23)24-17-9-4-10-18-24/h3-22,30H,1-2H3/q+1. The van der Waals surface area contributed by atoms with Gasteiger partial charge in [0, 0.05) is 18.5 Å². The normalized spacial score (nSPS) is 11.1. The third-order valence-electron chi connectivity index (χ3n) is 5.41. The quantitative estimate of drug-likeness (QED) is 0.230. The molecular formula is C29H27N2P2S2+. The Hall–Kier alpha value is -2.61. The smallest absolute Gasteiger partial charge is 0.316 e. The maximum absolute atomic E-state index is 4.06. The number of hydrogen-bond donors (Lipinski definition) is 1. The fourth-order valence-corrected chi connectivity index (χ4v) is 11.9. The van der Waals surface area contributed by atoms with Gasteiger partial charge < -0.3 is 5.09 Å². The largest absolute Gasteiger partial charge is 0.347 e. The van der Waals surface area contributed by atoms with Gasteiger partial charge in [-0.25, -0.2) is 4.58 Å². The molecule has 0 unspecified atom stereocenters. The first-order valence-corrected chi connectivity index (χ1v) is 15.7. The van der Waals surface area contributed by atoms with Crippen LogP contribution < -0.4 is 39.5 Å². The first-order chi connectivity index (χ1) is 17.2. The average Bonchev–Trinajstić information content (AvgIpc) is 3.33. The molecule has 1 heterocycles. The van der Waals surface area contributed by atoms with Crippen LogP contribution in [-0.2, 0) is 0 Å². The summed E-state index contributed by atoms with van der Waals surface area (Å²) in [5.41, 5.74) is 0. The van der Waals surface area contributed by atoms with E-state index >= 15 is 0 Å². The van der Waals surface area contributed by atoms with Gasteiger partial charge in [0.1, 0.15) is 19.1 Å². The Morgan fingerprint density at radius 3 is 1.34 bits per heavy atom. The van der Waals surface area contributed by atoms with Crippen molar-refractivity contribution in [2.24, 2.45) is 0 Å². The number of nitrogens with one attached hydrogen (secondary N) is 1. The second-order valence-electron chi connectivity index (χ2n) is 8.12. The van der Waals surface area contributed by atoms with Gasteiger partial charge in [0.05, 0.1) is 12.7 Å². The second-order valence-corrected chi connectivity index (χ2v) is 14.8. The van der Waals surface area contributed by atoms with E-state index in [4.69, 9.17) is 0 Å². The lowest BCUT2D eigenvalue weighted by atomic mass is 10.4. The van der Waals surface area contributed by atoms with E-state index in [2.05, 4.69) is 145 Å². The molecule has 0 aliphatic rings. The van der Waals surface area contributed by atoms with Crippen LogP contribution in [0.15, 0.2) is 121 Å². The highest BCUT2D eigenvalue weighted by Gasteiger charge is 2.26. The topological polar surface area (TPSA) is 15.0 Å². The molecule has 0 aliphatic heterocycles. The predicted octanol–water partition coefficient (Wildman–Crippen LogP) is 5.06. The molecule has 1 N–H and O–H groups in total. The fraction of sp³-hybridized carbons (Fsp3) is 0.0690. The predicted molar refractivity (Wildman–Crippen MR) is 161 cm³/mol. The van der Waals surface area contributed by atoms with Gasteiger partial charge in [0.15, 0.2) is 0 Å². The molecule has 0 radical (unpaired) electrons. The Labute approximate surface area is 217 Å². The highest BCUT2D eigenvalue weighted by molar-refractivity contribution is 7.85. The van der Waals surface area contributed by atoms with Crippen molar-refractivity contribution < 1.29 is 0 Å². The highest BCUT2D eigenvalue weighted by Crippen LogP contribution is 2.42. The molecule has 6 heteroatoms. The van der Waals surface area contributed by atoms with Crippen LogP contribution in [-0.4, -0.2) is 14.1 Å². The molecule has 4 aromatic carbocycles. The van der Waals surface area contributed by atoms with Gasteiger partial charge in [0.2, 0.25) is 0 Å². The van der Waals surface area contributed by atoms with Crippen molar-refractivity contribution in [3.63, 3.8) is 0 Å². The molecule has 0 atom stereocenters. The van der Waals surface area contributed by atoms with E-state index < -0.39 is 16.0 Å². The lowest BCUT2D eigenvalue weighted by Gasteiger charge is -2.23. The van der Waals surface area contributed by atoms with Crippen molar-refractivity contribution in [1.82, 2.24) is 4.58 Å². The van der Waals surface area contributed by atoms with Crippen molar-refractivity contribution in [1.29, 1.82) is 0 Å². The van der Waals surface area contributed by atoms with Crippen LogP contribution in [0.4, 0.5) is 5.00 Å². The Morgan fingerprint density at radius 1 is 0.543 bits per heavy atom. The molecule has 5 rings (SSSR count). The summed E-state index contributed by atoms with van der Waals surface area (Å²) < 4.78 is 4.96. The van der Waals surface area contributed by atoms with Gasteiger partial charge in [-0.15, -0.1) is 0 Å². The summed E-state index contributed by atoms with van der Waals surface area (Å²) >= 11 is 3.79. The molecule has 1 aromatic heterocycles. The van der Waals surface area contributed by atoms with E-state index in [-0.39, 0.29) is 0 Å². The molecule has 0 saturated carbocycles. The minimum absolute atomic E-state index is 0.689. The maximum atomic E-state index is 4.06. The van der Waals surface area contributed by atoms with Gasteiger partial charge in [0.25, 0.3) is 0 Å². The van der Waals surface area contributed by atoms with Crippen molar-refractivity contribution in [3.05, 3.63) is 125 Å². The van der Waals surface area contributed by atoms with E-state index in [1.807, 2.05) is 22.7 Å². The summed E-state index contributed by atoms with van der Waals surface area (Å²) in [6, 6.07) is 43.7. The SMILES string of the molecule is C[N+](C)=c1sc(NP(c2ccccc2)c2ccccc2)c(P(c2ccccc2)c2ccccc2)s1. The average molecular weight is 530 g/mol. The number of anilines is 1. The minimum atomic E-state index is -0.753. The Morgan fingerprint density at radius 2 is 0.943 bits per heavy atom. The Bertz CT molecular complexity index is 1350. The zero-order valence-corrected chi connectivity index (χ0v) is 23.1. The van der Waals surface area contributed by atoms with Crippen molar-refractivity contribution in [3.8, 4) is 0 Å². The Kier molecular flexibility index (Phi) is 7.86. The van der Waals surface area contributed by atoms with Crippen molar-refractivity contribution in [2.45, 2.75) is 0 Å². The molecular weight excluding hydrogens is 502 g/mol. The summed E-state index contributed by atoms with van der Waals surface area (Å²) in [5.74, 6) is 0. The van der Waals surface area contributed by atoms with Gasteiger partial charge in [-0.1, -0.05) is 133 Å². The second kappa shape index (κ2) is 11.4. The van der Waals surface area contributed by atoms with Crippen molar-refractivity contribution in [2.75, 3.05) is 19.2 Å². The van der Waals surface area contributed by atoms with Crippen LogP contribution in [0.25, 0.3) is 0 Å². The molecule has 0 saturated heterocycles. The summed E-state index contributed by atoms with van der Waals surface area (Å²) in [6.45, 7) is 0. The lowest BCUT2D eigenvalue weighted by Crippen LogP contribution is -2.23. The number of benzene rings is 4. The van der Waals surface area contributed by atoms with E-state index in [0.717, 1.165) is 0 Å². The number of rotatable bonds is 7. The highest BCUT2D eigenvalue weighted by atomic mass is 32.2. The van der Waals surface area contributed by atoms with Crippen LogP contribution in [0.5, 0.6) is 0 Å². The first kappa shape index (κ1) is 24.1. The zero-order chi connectivity index (χ0) is 24.0. The third kappa shape index (κ3) is 5.63. The van der Waals surface area contributed by atoms with Crippen LogP contribution in [0.3, 0.4) is 0 Å². The molecule has 2 nitrogen and oxygen atoms in total. The zero-order valence-electron chi connectivity index (χ0n) is 19.7. The summed E-state index contributed by atoms with van der Waals surface area (Å²) in [6.07, 6.45) is 0. The molecule has 0 aliphatic carbocycles. The van der Waals surface area contributed by atoms with E-state index in [1.54, 1.807) is 0 Å².